The summed E-state index contributed by atoms with van der Waals surface area (Å²) in [6.45, 7) is 2.85. The van der Waals surface area contributed by atoms with Crippen molar-refractivity contribution in [1.82, 2.24) is 0 Å². The van der Waals surface area contributed by atoms with Crippen molar-refractivity contribution >= 4 is 11.6 Å². The molecule has 0 radical (unpaired) electrons. The van der Waals surface area contributed by atoms with Gasteiger partial charge in [0.05, 0.1) is 11.1 Å². The monoisotopic (exact) mass is 232 g/mol. The van der Waals surface area contributed by atoms with Crippen molar-refractivity contribution in [2.24, 2.45) is 0 Å². The Kier molecular flexibility index (Phi) is 3.01. The zero-order valence-corrected chi connectivity index (χ0v) is 10.2. The standard InChI is InChI=1S/C14H16O3/c1-8(15)12-7-10-5-3-4-6-11(10)13(9(2)16)14(12)17/h7,17H,3-6H2,1-2H3. The smallest absolute Gasteiger partial charge is 0.163 e. The number of carbonyl (C=O) groups is 2. The third kappa shape index (κ3) is 1.97. The Morgan fingerprint density at radius 3 is 2.35 bits per heavy atom. The first-order valence-electron chi connectivity index (χ1n) is 5.92. The molecule has 0 saturated heterocycles. The van der Waals surface area contributed by atoms with Gasteiger partial charge in [0, 0.05) is 0 Å². The van der Waals surface area contributed by atoms with Gasteiger partial charge in [-0.1, -0.05) is 0 Å². The summed E-state index contributed by atoms with van der Waals surface area (Å²) in [7, 11) is 0. The first-order valence-corrected chi connectivity index (χ1v) is 5.92. The summed E-state index contributed by atoms with van der Waals surface area (Å²) in [6.07, 6.45) is 3.81. The van der Waals surface area contributed by atoms with Crippen LogP contribution in [0.25, 0.3) is 0 Å². The largest absolute Gasteiger partial charge is 0.506 e. The van der Waals surface area contributed by atoms with Gasteiger partial charge in [0.2, 0.25) is 0 Å². The molecule has 0 spiro atoms. The average Bonchev–Trinajstić information content (AvgIpc) is 2.27. The molecular formula is C14H16O3. The highest BCUT2D eigenvalue weighted by Crippen LogP contribution is 2.34. The molecule has 1 N–H and O–H groups in total. The summed E-state index contributed by atoms with van der Waals surface area (Å²) >= 11 is 0. The van der Waals surface area contributed by atoms with E-state index in [0.29, 0.717) is 5.56 Å². The molecule has 1 aromatic carbocycles. The van der Waals surface area contributed by atoms with E-state index in [1.165, 1.54) is 13.8 Å². The number of hydrogen-bond acceptors (Lipinski definition) is 3. The summed E-state index contributed by atoms with van der Waals surface area (Å²) in [5.74, 6) is -0.493. The average molecular weight is 232 g/mol. The minimum atomic E-state index is -0.196. The van der Waals surface area contributed by atoms with E-state index in [2.05, 4.69) is 0 Å². The highest BCUT2D eigenvalue weighted by molar-refractivity contribution is 6.05. The zero-order valence-electron chi connectivity index (χ0n) is 10.2. The van der Waals surface area contributed by atoms with Gasteiger partial charge in [-0.05, 0) is 56.7 Å². The van der Waals surface area contributed by atoms with Crippen molar-refractivity contribution in [3.8, 4) is 5.75 Å². The van der Waals surface area contributed by atoms with E-state index < -0.39 is 0 Å². The minimum absolute atomic E-state index is 0.134. The van der Waals surface area contributed by atoms with Gasteiger partial charge in [-0.3, -0.25) is 9.59 Å². The summed E-state index contributed by atoms with van der Waals surface area (Å²) < 4.78 is 0. The molecule has 0 saturated carbocycles. The van der Waals surface area contributed by atoms with Crippen LogP contribution in [-0.2, 0) is 12.8 Å². The number of ketones is 2. The van der Waals surface area contributed by atoms with Crippen LogP contribution < -0.4 is 0 Å². The molecule has 0 amide bonds. The van der Waals surface area contributed by atoms with E-state index in [-0.39, 0.29) is 22.9 Å². The third-order valence-electron chi connectivity index (χ3n) is 3.35. The first-order chi connectivity index (χ1) is 8.02. The van der Waals surface area contributed by atoms with Crippen LogP contribution in [0.2, 0.25) is 0 Å². The fraction of sp³-hybridized carbons (Fsp3) is 0.429. The number of aromatic hydroxyl groups is 1. The molecule has 0 bridgehead atoms. The third-order valence-corrected chi connectivity index (χ3v) is 3.35. The molecule has 3 heteroatoms. The number of hydrogen-bond donors (Lipinski definition) is 1. The number of fused-ring (bicyclic) bond motifs is 1. The van der Waals surface area contributed by atoms with Crippen LogP contribution in [0, 0.1) is 0 Å². The quantitative estimate of drug-likeness (QED) is 0.797. The molecule has 17 heavy (non-hydrogen) atoms. The first kappa shape index (κ1) is 11.8. The van der Waals surface area contributed by atoms with Crippen LogP contribution in [0.1, 0.15) is 58.5 Å². The Morgan fingerprint density at radius 2 is 1.76 bits per heavy atom. The number of aryl methyl sites for hydroxylation is 1. The Hall–Kier alpha value is -1.64. The van der Waals surface area contributed by atoms with Crippen LogP contribution in [0.15, 0.2) is 6.07 Å². The van der Waals surface area contributed by atoms with Crippen LogP contribution in [0.5, 0.6) is 5.75 Å². The maximum atomic E-state index is 11.6. The van der Waals surface area contributed by atoms with Gasteiger partial charge in [0.15, 0.2) is 11.6 Å². The lowest BCUT2D eigenvalue weighted by Gasteiger charge is -2.20. The van der Waals surface area contributed by atoms with Gasteiger partial charge >= 0.3 is 0 Å². The summed E-state index contributed by atoms with van der Waals surface area (Å²) in [6, 6.07) is 1.75. The molecule has 1 aliphatic carbocycles. The second-order valence-electron chi connectivity index (χ2n) is 4.60. The summed E-state index contributed by atoms with van der Waals surface area (Å²) in [5.41, 5.74) is 2.61. The lowest BCUT2D eigenvalue weighted by atomic mass is 9.84. The Bertz CT molecular complexity index is 501. The van der Waals surface area contributed by atoms with Crippen LogP contribution in [0.3, 0.4) is 0 Å². The van der Waals surface area contributed by atoms with Crippen LogP contribution >= 0.6 is 0 Å². The van der Waals surface area contributed by atoms with Crippen molar-refractivity contribution in [1.29, 1.82) is 0 Å². The Labute approximate surface area is 100 Å². The minimum Gasteiger partial charge on any atom is -0.506 e. The molecule has 1 aromatic rings. The second-order valence-corrected chi connectivity index (χ2v) is 4.60. The molecule has 1 aliphatic rings. The molecule has 0 atom stereocenters. The van der Waals surface area contributed by atoms with E-state index in [0.717, 1.165) is 36.8 Å². The molecular weight excluding hydrogens is 216 g/mol. The number of rotatable bonds is 2. The molecule has 0 heterocycles. The molecule has 0 aromatic heterocycles. The SMILES string of the molecule is CC(=O)c1cc2c(c(C(C)=O)c1O)CCCC2. The van der Waals surface area contributed by atoms with Crippen molar-refractivity contribution < 1.29 is 14.7 Å². The number of benzene rings is 1. The van der Waals surface area contributed by atoms with Crippen molar-refractivity contribution in [2.45, 2.75) is 39.5 Å². The molecule has 0 unspecified atom stereocenters. The van der Waals surface area contributed by atoms with Crippen LogP contribution in [0.4, 0.5) is 0 Å². The van der Waals surface area contributed by atoms with Crippen molar-refractivity contribution in [3.63, 3.8) is 0 Å². The number of phenolic OH excluding ortho intramolecular Hbond substituents is 1. The van der Waals surface area contributed by atoms with E-state index in [4.69, 9.17) is 0 Å². The Morgan fingerprint density at radius 1 is 1.12 bits per heavy atom. The molecule has 0 aliphatic heterocycles. The van der Waals surface area contributed by atoms with E-state index in [1.807, 2.05) is 0 Å². The summed E-state index contributed by atoms with van der Waals surface area (Å²) in [5, 5.41) is 10.0. The van der Waals surface area contributed by atoms with Gasteiger partial charge in [0.25, 0.3) is 0 Å². The maximum Gasteiger partial charge on any atom is 0.163 e. The van der Waals surface area contributed by atoms with E-state index in [1.54, 1.807) is 6.07 Å². The van der Waals surface area contributed by atoms with Gasteiger partial charge < -0.3 is 5.11 Å². The van der Waals surface area contributed by atoms with Gasteiger partial charge in [0.1, 0.15) is 5.75 Å². The zero-order chi connectivity index (χ0) is 12.6. The predicted molar refractivity (Wildman–Crippen MR) is 64.8 cm³/mol. The van der Waals surface area contributed by atoms with E-state index >= 15 is 0 Å². The molecule has 0 fully saturated rings. The highest BCUT2D eigenvalue weighted by Gasteiger charge is 2.23. The van der Waals surface area contributed by atoms with Gasteiger partial charge in [-0.2, -0.15) is 0 Å². The van der Waals surface area contributed by atoms with Gasteiger partial charge in [-0.15, -0.1) is 0 Å². The maximum absolute atomic E-state index is 11.6. The number of Topliss-reactive ketones (excluding diaryl/α,β-unsaturated/α-hetero) is 2. The molecule has 90 valence electrons. The van der Waals surface area contributed by atoms with Crippen molar-refractivity contribution in [3.05, 3.63) is 28.3 Å². The summed E-state index contributed by atoms with van der Waals surface area (Å²) in [4.78, 5) is 23.1. The highest BCUT2D eigenvalue weighted by atomic mass is 16.3. The predicted octanol–water partition coefficient (Wildman–Crippen LogP) is 2.68. The second kappa shape index (κ2) is 4.32. The Balaban J connectivity index is 2.73. The van der Waals surface area contributed by atoms with Crippen LogP contribution in [-0.4, -0.2) is 16.7 Å². The van der Waals surface area contributed by atoms with Crippen molar-refractivity contribution in [2.75, 3.05) is 0 Å². The fourth-order valence-electron chi connectivity index (χ4n) is 2.54. The van der Waals surface area contributed by atoms with Gasteiger partial charge in [-0.25, -0.2) is 0 Å². The topological polar surface area (TPSA) is 54.4 Å². The normalized spacial score (nSPS) is 14.2. The van der Waals surface area contributed by atoms with E-state index in [9.17, 15) is 14.7 Å². The lowest BCUT2D eigenvalue weighted by molar-refractivity contribution is 0.101. The molecule has 3 nitrogen and oxygen atoms in total. The number of phenols is 1. The molecule has 2 rings (SSSR count). The fourth-order valence-corrected chi connectivity index (χ4v) is 2.54. The number of carbonyl (C=O) groups excluding carboxylic acids is 2. The lowest BCUT2D eigenvalue weighted by Crippen LogP contribution is -2.12.